The van der Waals surface area contributed by atoms with E-state index in [9.17, 15) is 4.79 Å². The molecule has 0 aromatic heterocycles. The predicted octanol–water partition coefficient (Wildman–Crippen LogP) is 2.42. The Hall–Kier alpha value is -0.610. The van der Waals surface area contributed by atoms with E-state index in [4.69, 9.17) is 9.84 Å². The molecule has 17 heavy (non-hydrogen) atoms. The van der Waals surface area contributed by atoms with E-state index in [1.54, 1.807) is 7.05 Å². The summed E-state index contributed by atoms with van der Waals surface area (Å²) in [5.74, 6) is -0.813. The summed E-state index contributed by atoms with van der Waals surface area (Å²) in [4.78, 5) is 10.7. The van der Waals surface area contributed by atoms with Gasteiger partial charge in [-0.15, -0.1) is 0 Å². The van der Waals surface area contributed by atoms with Gasteiger partial charge in [-0.05, 0) is 26.8 Å². The van der Waals surface area contributed by atoms with Crippen LogP contribution in [0.4, 0.5) is 0 Å². The Morgan fingerprint density at radius 1 is 1.29 bits per heavy atom. The molecule has 0 rings (SSSR count). The molecule has 0 heterocycles. The Kier molecular flexibility index (Phi) is 10.2. The topological polar surface area (TPSA) is 58.6 Å². The average Bonchev–Trinajstić information content (AvgIpc) is 2.30. The zero-order valence-electron chi connectivity index (χ0n) is 11.4. The number of carboxylic acids is 1. The van der Waals surface area contributed by atoms with E-state index in [-0.39, 0.29) is 6.10 Å². The summed E-state index contributed by atoms with van der Waals surface area (Å²) in [5, 5.41) is 11.6. The molecule has 0 amide bonds. The third kappa shape index (κ3) is 9.12. The van der Waals surface area contributed by atoms with Crippen LogP contribution in [0.15, 0.2) is 0 Å². The standard InChI is InChI=1S/C13H27NO3/c1-4-5-6-7-8-11(2)17-10-9-12(14-3)13(15)16/h11-12,14H,4-10H2,1-3H3,(H,15,16). The molecule has 0 aliphatic carbocycles. The largest absolute Gasteiger partial charge is 0.480 e. The van der Waals surface area contributed by atoms with E-state index in [0.717, 1.165) is 6.42 Å². The van der Waals surface area contributed by atoms with Gasteiger partial charge in [0.25, 0.3) is 0 Å². The van der Waals surface area contributed by atoms with E-state index in [2.05, 4.69) is 19.2 Å². The van der Waals surface area contributed by atoms with Crippen molar-refractivity contribution in [3.8, 4) is 0 Å². The zero-order chi connectivity index (χ0) is 13.1. The quantitative estimate of drug-likeness (QED) is 0.549. The molecule has 0 bridgehead atoms. The van der Waals surface area contributed by atoms with Gasteiger partial charge in [-0.1, -0.05) is 32.6 Å². The molecule has 0 saturated carbocycles. The number of carbonyl (C=O) groups is 1. The van der Waals surface area contributed by atoms with Crippen molar-refractivity contribution < 1.29 is 14.6 Å². The average molecular weight is 245 g/mol. The highest BCUT2D eigenvalue weighted by Gasteiger charge is 2.14. The summed E-state index contributed by atoms with van der Waals surface area (Å²) in [6, 6.07) is -0.498. The normalized spacial score (nSPS) is 14.5. The summed E-state index contributed by atoms with van der Waals surface area (Å²) in [6.45, 7) is 4.76. The molecule has 0 fully saturated rings. The Morgan fingerprint density at radius 2 is 2.00 bits per heavy atom. The first-order valence-electron chi connectivity index (χ1n) is 6.63. The number of nitrogens with one attached hydrogen (secondary N) is 1. The second kappa shape index (κ2) is 10.5. The fourth-order valence-corrected chi connectivity index (χ4v) is 1.72. The lowest BCUT2D eigenvalue weighted by atomic mass is 10.1. The number of hydrogen-bond donors (Lipinski definition) is 2. The third-order valence-electron chi connectivity index (χ3n) is 2.92. The number of hydrogen-bond acceptors (Lipinski definition) is 3. The van der Waals surface area contributed by atoms with Gasteiger partial charge in [-0.2, -0.15) is 0 Å². The molecule has 0 spiro atoms. The van der Waals surface area contributed by atoms with Crippen LogP contribution in [0.3, 0.4) is 0 Å². The third-order valence-corrected chi connectivity index (χ3v) is 2.92. The van der Waals surface area contributed by atoms with Crippen molar-refractivity contribution in [3.63, 3.8) is 0 Å². The van der Waals surface area contributed by atoms with Crippen LogP contribution in [-0.4, -0.2) is 36.9 Å². The van der Waals surface area contributed by atoms with Gasteiger partial charge in [0, 0.05) is 6.61 Å². The monoisotopic (exact) mass is 245 g/mol. The van der Waals surface area contributed by atoms with Gasteiger partial charge in [0.05, 0.1) is 6.10 Å². The van der Waals surface area contributed by atoms with Crippen molar-refractivity contribution in [3.05, 3.63) is 0 Å². The molecule has 0 aliphatic heterocycles. The lowest BCUT2D eigenvalue weighted by Gasteiger charge is -2.15. The van der Waals surface area contributed by atoms with Crippen molar-refractivity contribution in [1.29, 1.82) is 0 Å². The van der Waals surface area contributed by atoms with Crippen LogP contribution in [-0.2, 0) is 9.53 Å². The highest BCUT2D eigenvalue weighted by Crippen LogP contribution is 2.08. The van der Waals surface area contributed by atoms with E-state index in [0.29, 0.717) is 13.0 Å². The first-order valence-corrected chi connectivity index (χ1v) is 6.63. The summed E-state index contributed by atoms with van der Waals surface area (Å²) in [5.41, 5.74) is 0. The van der Waals surface area contributed by atoms with Crippen molar-refractivity contribution in [1.82, 2.24) is 5.32 Å². The molecule has 0 aliphatic rings. The maximum absolute atomic E-state index is 10.7. The Balaban J connectivity index is 3.49. The van der Waals surface area contributed by atoms with Gasteiger partial charge >= 0.3 is 5.97 Å². The minimum atomic E-state index is -0.813. The molecule has 4 heteroatoms. The van der Waals surface area contributed by atoms with E-state index >= 15 is 0 Å². The van der Waals surface area contributed by atoms with E-state index in [1.807, 2.05) is 0 Å². The summed E-state index contributed by atoms with van der Waals surface area (Å²) in [7, 11) is 1.66. The Morgan fingerprint density at radius 3 is 2.53 bits per heavy atom. The molecule has 2 atom stereocenters. The van der Waals surface area contributed by atoms with Gasteiger partial charge in [-0.25, -0.2) is 0 Å². The van der Waals surface area contributed by atoms with Gasteiger partial charge in [-0.3, -0.25) is 4.79 Å². The maximum Gasteiger partial charge on any atom is 0.320 e. The lowest BCUT2D eigenvalue weighted by molar-refractivity contribution is -0.140. The number of likely N-dealkylation sites (N-methyl/N-ethyl adjacent to an activating group) is 1. The van der Waals surface area contributed by atoms with E-state index in [1.165, 1.54) is 25.7 Å². The van der Waals surface area contributed by atoms with Gasteiger partial charge in [0.2, 0.25) is 0 Å². The maximum atomic E-state index is 10.7. The van der Waals surface area contributed by atoms with Crippen LogP contribution in [0.5, 0.6) is 0 Å². The first kappa shape index (κ1) is 16.4. The van der Waals surface area contributed by atoms with Crippen molar-refractivity contribution >= 4 is 5.97 Å². The van der Waals surface area contributed by atoms with Gasteiger partial charge < -0.3 is 15.2 Å². The fraction of sp³-hybridized carbons (Fsp3) is 0.923. The fourth-order valence-electron chi connectivity index (χ4n) is 1.72. The minimum absolute atomic E-state index is 0.234. The second-order valence-corrected chi connectivity index (χ2v) is 4.50. The van der Waals surface area contributed by atoms with Crippen LogP contribution in [0.25, 0.3) is 0 Å². The van der Waals surface area contributed by atoms with Crippen LogP contribution in [0.2, 0.25) is 0 Å². The number of unbranched alkanes of at least 4 members (excludes halogenated alkanes) is 3. The van der Waals surface area contributed by atoms with Crippen LogP contribution in [0, 0.1) is 0 Å². The molecular weight excluding hydrogens is 218 g/mol. The molecule has 4 nitrogen and oxygen atoms in total. The van der Waals surface area contributed by atoms with Crippen molar-refractivity contribution in [2.45, 2.75) is 64.5 Å². The number of rotatable bonds is 11. The van der Waals surface area contributed by atoms with E-state index < -0.39 is 12.0 Å². The van der Waals surface area contributed by atoms with Crippen molar-refractivity contribution in [2.75, 3.05) is 13.7 Å². The molecule has 0 radical (unpaired) electrons. The predicted molar refractivity (Wildman–Crippen MR) is 69.3 cm³/mol. The molecule has 2 N–H and O–H groups in total. The SMILES string of the molecule is CCCCCCC(C)OCCC(NC)C(=O)O. The molecule has 0 saturated heterocycles. The highest BCUT2D eigenvalue weighted by molar-refractivity contribution is 5.73. The smallest absolute Gasteiger partial charge is 0.320 e. The zero-order valence-corrected chi connectivity index (χ0v) is 11.4. The molecule has 2 unspecified atom stereocenters. The number of aliphatic carboxylic acids is 1. The molecule has 0 aromatic carbocycles. The summed E-state index contributed by atoms with van der Waals surface area (Å²) in [6.07, 6.45) is 6.81. The van der Waals surface area contributed by atoms with Gasteiger partial charge in [0.15, 0.2) is 0 Å². The molecule has 102 valence electrons. The first-order chi connectivity index (χ1) is 8.11. The minimum Gasteiger partial charge on any atom is -0.480 e. The lowest BCUT2D eigenvalue weighted by Crippen LogP contribution is -2.35. The van der Waals surface area contributed by atoms with Crippen molar-refractivity contribution in [2.24, 2.45) is 0 Å². The number of carboxylic acid groups (broad SMARTS) is 1. The molecule has 0 aromatic rings. The Bertz CT molecular complexity index is 197. The highest BCUT2D eigenvalue weighted by atomic mass is 16.5. The summed E-state index contributed by atoms with van der Waals surface area (Å²) < 4.78 is 5.60. The summed E-state index contributed by atoms with van der Waals surface area (Å²) >= 11 is 0. The van der Waals surface area contributed by atoms with Gasteiger partial charge in [0.1, 0.15) is 6.04 Å². The second-order valence-electron chi connectivity index (χ2n) is 4.50. The van der Waals surface area contributed by atoms with Crippen LogP contribution >= 0.6 is 0 Å². The molecular formula is C13H27NO3. The number of ether oxygens (including phenoxy) is 1. The Labute approximate surface area is 105 Å². The van der Waals surface area contributed by atoms with Crippen LogP contribution in [0.1, 0.15) is 52.4 Å². The van der Waals surface area contributed by atoms with Crippen LogP contribution < -0.4 is 5.32 Å².